The number of piperidine rings is 1. The van der Waals surface area contributed by atoms with E-state index in [9.17, 15) is 4.79 Å². The highest BCUT2D eigenvalue weighted by Crippen LogP contribution is 2.62. The topological polar surface area (TPSA) is 81.4 Å². The second-order valence-electron chi connectivity index (χ2n) is 11.6. The van der Waals surface area contributed by atoms with Crippen molar-refractivity contribution in [1.82, 2.24) is 19.6 Å². The lowest BCUT2D eigenvalue weighted by Gasteiger charge is -2.49. The number of ether oxygens (including phenoxy) is 2. The molecule has 3 heterocycles. The van der Waals surface area contributed by atoms with Crippen molar-refractivity contribution >= 4 is 11.9 Å². The Kier molecular flexibility index (Phi) is 6.58. The summed E-state index contributed by atoms with van der Waals surface area (Å²) in [6, 6.07) is 10.3. The summed E-state index contributed by atoms with van der Waals surface area (Å²) in [5, 5.41) is 9.32. The molecule has 2 spiro atoms. The van der Waals surface area contributed by atoms with Gasteiger partial charge in [0.05, 0.1) is 18.8 Å². The highest BCUT2D eigenvalue weighted by molar-refractivity contribution is 5.86. The molecule has 1 aromatic heterocycles. The number of rotatable bonds is 7. The van der Waals surface area contributed by atoms with E-state index in [-0.39, 0.29) is 11.5 Å². The normalized spacial score (nSPS) is 22.2. The summed E-state index contributed by atoms with van der Waals surface area (Å²) in [4.78, 5) is 23.5. The maximum absolute atomic E-state index is 12.9. The number of aryl methyl sites for hydroxylation is 1. The van der Waals surface area contributed by atoms with E-state index >= 15 is 0 Å². The van der Waals surface area contributed by atoms with Crippen LogP contribution in [0.2, 0.25) is 0 Å². The molecule has 0 bridgehead atoms. The monoisotopic (exact) mass is 509 g/mol. The third kappa shape index (κ3) is 5.13. The molecule has 1 amide bonds. The van der Waals surface area contributed by atoms with Gasteiger partial charge in [-0.05, 0) is 63.8 Å². The van der Waals surface area contributed by atoms with Crippen LogP contribution in [0.1, 0.15) is 64.6 Å². The molecule has 2 aliphatic heterocycles. The third-order valence-corrected chi connectivity index (χ3v) is 7.45. The maximum atomic E-state index is 12.9. The number of carbonyl (C=O) groups excluding carboxylic acids is 1. The lowest BCUT2D eigenvalue weighted by atomic mass is 9.83. The van der Waals surface area contributed by atoms with Crippen LogP contribution in [0, 0.1) is 5.41 Å². The number of likely N-dealkylation sites (tertiary alicyclic amines) is 1. The van der Waals surface area contributed by atoms with Gasteiger partial charge in [-0.3, -0.25) is 4.68 Å². The first kappa shape index (κ1) is 25.4. The summed E-state index contributed by atoms with van der Waals surface area (Å²) >= 11 is 0. The predicted molar refractivity (Wildman–Crippen MR) is 140 cm³/mol. The van der Waals surface area contributed by atoms with Gasteiger partial charge in [0.15, 0.2) is 5.84 Å². The van der Waals surface area contributed by atoms with E-state index in [1.54, 1.807) is 0 Å². The van der Waals surface area contributed by atoms with E-state index in [0.717, 1.165) is 42.1 Å². The lowest BCUT2D eigenvalue weighted by molar-refractivity contribution is -0.183. The molecule has 9 heteroatoms. The number of amides is 1. The molecule has 200 valence electrons. The second-order valence-corrected chi connectivity index (χ2v) is 11.6. The van der Waals surface area contributed by atoms with Gasteiger partial charge in [-0.25, -0.2) is 4.79 Å². The Balaban J connectivity index is 1.37. The third-order valence-electron chi connectivity index (χ3n) is 7.45. The van der Waals surface area contributed by atoms with E-state index in [1.165, 1.54) is 0 Å². The van der Waals surface area contributed by atoms with E-state index in [1.807, 2.05) is 61.8 Å². The quantitative estimate of drug-likeness (QED) is 0.538. The molecule has 37 heavy (non-hydrogen) atoms. The molecule has 1 saturated heterocycles. The molecule has 5 rings (SSSR count). The molecule has 9 nitrogen and oxygen atoms in total. The van der Waals surface area contributed by atoms with Gasteiger partial charge in [0.25, 0.3) is 0 Å². The number of fused-ring (bicyclic) bond motifs is 1. The summed E-state index contributed by atoms with van der Waals surface area (Å²) in [5.41, 5.74) is 0.812. The molecule has 1 unspecified atom stereocenters. The zero-order valence-corrected chi connectivity index (χ0v) is 22.7. The fourth-order valence-electron chi connectivity index (χ4n) is 5.46. The summed E-state index contributed by atoms with van der Waals surface area (Å²) < 4.78 is 13.3. The van der Waals surface area contributed by atoms with Crippen LogP contribution in [0.5, 0.6) is 5.75 Å². The molecule has 2 aromatic rings. The standard InChI is InChI=1S/C28H39N5O4/c1-6-17-35-23-9-7-21(8-10-23)18-24-30-37-28(33(24)19-22-11-15-31(5)29-22)14-16-32(20-27(28)12-13-27)25(34)36-26(2,3)4/h7-11,15H,6,12-14,16-20H2,1-5H3. The van der Waals surface area contributed by atoms with Crippen molar-refractivity contribution in [2.45, 2.75) is 77.7 Å². The Morgan fingerprint density at radius 3 is 2.51 bits per heavy atom. The molecular weight excluding hydrogens is 470 g/mol. The van der Waals surface area contributed by atoms with Crippen molar-refractivity contribution in [1.29, 1.82) is 0 Å². The number of nitrogens with zero attached hydrogens (tertiary/aromatic N) is 5. The molecule has 1 aliphatic carbocycles. The first-order chi connectivity index (χ1) is 17.6. The lowest BCUT2D eigenvalue weighted by Crippen LogP contribution is -2.63. The average molecular weight is 510 g/mol. The highest BCUT2D eigenvalue weighted by Gasteiger charge is 2.69. The van der Waals surface area contributed by atoms with Gasteiger partial charge in [0, 0.05) is 44.6 Å². The Labute approximate surface area is 219 Å². The number of carbonyl (C=O) groups is 1. The first-order valence-corrected chi connectivity index (χ1v) is 13.3. The number of aromatic nitrogens is 2. The van der Waals surface area contributed by atoms with Gasteiger partial charge in [-0.2, -0.15) is 5.10 Å². The zero-order chi connectivity index (χ0) is 26.3. The van der Waals surface area contributed by atoms with Gasteiger partial charge in [-0.1, -0.05) is 24.2 Å². The van der Waals surface area contributed by atoms with Crippen molar-refractivity contribution < 1.29 is 19.1 Å². The summed E-state index contributed by atoms with van der Waals surface area (Å²) in [6.07, 6.45) is 5.96. The summed E-state index contributed by atoms with van der Waals surface area (Å²) in [6.45, 7) is 10.3. The van der Waals surface area contributed by atoms with Crippen molar-refractivity contribution in [3.63, 3.8) is 0 Å². The molecule has 3 aliphatic rings. The fraction of sp³-hybridized carbons (Fsp3) is 0.607. The SMILES string of the molecule is CCCOc1ccc(CC2=NOC3(CCN(C(=O)OC(C)(C)C)CC34CC4)N2Cc2ccn(C)n2)cc1. The van der Waals surface area contributed by atoms with Gasteiger partial charge in [0.2, 0.25) is 5.72 Å². The van der Waals surface area contributed by atoms with Gasteiger partial charge < -0.3 is 24.1 Å². The molecule has 2 fully saturated rings. The summed E-state index contributed by atoms with van der Waals surface area (Å²) in [7, 11) is 1.93. The Hall–Kier alpha value is -3.23. The number of oxime groups is 1. The smallest absolute Gasteiger partial charge is 0.410 e. The van der Waals surface area contributed by atoms with Crippen molar-refractivity contribution in [2.75, 3.05) is 19.7 Å². The molecular formula is C28H39N5O4. The Bertz CT molecular complexity index is 1150. The van der Waals surface area contributed by atoms with Crippen LogP contribution in [0.4, 0.5) is 4.79 Å². The molecule has 1 atom stereocenters. The summed E-state index contributed by atoms with van der Waals surface area (Å²) in [5.74, 6) is 1.77. The number of amidine groups is 1. The van der Waals surface area contributed by atoms with E-state index in [2.05, 4.69) is 34.2 Å². The number of benzene rings is 1. The zero-order valence-electron chi connectivity index (χ0n) is 22.7. The maximum Gasteiger partial charge on any atom is 0.410 e. The van der Waals surface area contributed by atoms with Crippen molar-refractivity contribution in [2.24, 2.45) is 17.6 Å². The fourth-order valence-corrected chi connectivity index (χ4v) is 5.46. The predicted octanol–water partition coefficient (Wildman–Crippen LogP) is 4.71. The van der Waals surface area contributed by atoms with Gasteiger partial charge in [-0.15, -0.1) is 0 Å². The highest BCUT2D eigenvalue weighted by atomic mass is 16.7. The van der Waals surface area contributed by atoms with Crippen LogP contribution >= 0.6 is 0 Å². The molecule has 1 saturated carbocycles. The van der Waals surface area contributed by atoms with E-state index in [4.69, 9.17) is 14.3 Å². The van der Waals surface area contributed by atoms with Crippen LogP contribution < -0.4 is 4.74 Å². The van der Waals surface area contributed by atoms with E-state index < -0.39 is 11.3 Å². The second kappa shape index (κ2) is 9.58. The van der Waals surface area contributed by atoms with Gasteiger partial charge in [0.1, 0.15) is 11.4 Å². The van der Waals surface area contributed by atoms with Gasteiger partial charge >= 0.3 is 6.09 Å². The molecule has 0 N–H and O–H groups in total. The average Bonchev–Trinajstić information content (AvgIpc) is 3.38. The molecule has 1 aromatic carbocycles. The minimum absolute atomic E-state index is 0.181. The van der Waals surface area contributed by atoms with Crippen LogP contribution in [0.15, 0.2) is 41.7 Å². The van der Waals surface area contributed by atoms with Crippen LogP contribution in [-0.4, -0.2) is 62.5 Å². The minimum Gasteiger partial charge on any atom is -0.494 e. The minimum atomic E-state index is -0.595. The number of hydrogen-bond acceptors (Lipinski definition) is 7. The van der Waals surface area contributed by atoms with Crippen LogP contribution in [-0.2, 0) is 29.6 Å². The molecule has 0 radical (unpaired) electrons. The number of hydrogen-bond donors (Lipinski definition) is 0. The van der Waals surface area contributed by atoms with Crippen molar-refractivity contribution in [3.8, 4) is 5.75 Å². The van der Waals surface area contributed by atoms with Crippen molar-refractivity contribution in [3.05, 3.63) is 47.8 Å². The first-order valence-electron chi connectivity index (χ1n) is 13.3. The van der Waals surface area contributed by atoms with E-state index in [0.29, 0.717) is 39.1 Å². The Morgan fingerprint density at radius 2 is 1.89 bits per heavy atom. The Morgan fingerprint density at radius 1 is 1.14 bits per heavy atom. The van der Waals surface area contributed by atoms with Crippen LogP contribution in [0.25, 0.3) is 0 Å². The van der Waals surface area contributed by atoms with Crippen LogP contribution in [0.3, 0.4) is 0 Å². The largest absolute Gasteiger partial charge is 0.494 e.